The van der Waals surface area contributed by atoms with Crippen molar-refractivity contribution >= 4 is 35.4 Å². The Kier molecular flexibility index (Phi) is 5.77. The van der Waals surface area contributed by atoms with Crippen molar-refractivity contribution in [1.82, 2.24) is 0 Å². The van der Waals surface area contributed by atoms with Crippen LogP contribution in [0.15, 0.2) is 72.3 Å². The average molecular weight is 503 g/mol. The maximum Gasteiger partial charge on any atom is 0.0941 e. The van der Waals surface area contributed by atoms with Gasteiger partial charge in [-0.2, -0.15) is 6.07 Å². The summed E-state index contributed by atoms with van der Waals surface area (Å²) in [5.74, 6) is 0. The fraction of sp³-hybridized carbons (Fsp3) is 0.222. The molecule has 3 heterocycles. The minimum atomic E-state index is -0.995. The molecule has 2 aliphatic heterocycles. The molecule has 3 aliphatic rings. The molecule has 0 amide bonds. The second-order valence-electron chi connectivity index (χ2n) is 9.05. The van der Waals surface area contributed by atoms with E-state index in [0.29, 0.717) is 0 Å². The molecule has 0 fully saturated rings. The third kappa shape index (κ3) is 3.30. The molecule has 0 saturated carbocycles. The monoisotopic (exact) mass is 501 g/mol. The van der Waals surface area contributed by atoms with Crippen LogP contribution in [0.4, 0.5) is 0 Å². The van der Waals surface area contributed by atoms with Crippen molar-refractivity contribution in [2.45, 2.75) is 39.4 Å². The van der Waals surface area contributed by atoms with Crippen molar-refractivity contribution in [3.63, 3.8) is 0 Å². The molecule has 1 aliphatic carbocycles. The van der Waals surface area contributed by atoms with E-state index in [1.54, 1.807) is 21.2 Å². The topological polar surface area (TPSA) is 0 Å². The number of allylic oxidation sites excluding steroid dienone is 1. The van der Waals surface area contributed by atoms with Gasteiger partial charge in [0.1, 0.15) is 0 Å². The Labute approximate surface area is 204 Å². The van der Waals surface area contributed by atoms with Gasteiger partial charge in [0.25, 0.3) is 0 Å². The maximum absolute atomic E-state index is 2.52. The smallest absolute Gasteiger partial charge is 0.0941 e. The summed E-state index contributed by atoms with van der Waals surface area (Å²) in [6.45, 7) is 11.7. The first-order valence-electron chi connectivity index (χ1n) is 10.4. The number of hydrogen-bond acceptors (Lipinski definition) is 1. The van der Waals surface area contributed by atoms with Gasteiger partial charge in [-0.1, -0.05) is 72.7 Å². The average Bonchev–Trinajstić information content (AvgIpc) is 3.36. The van der Waals surface area contributed by atoms with Crippen LogP contribution in [-0.4, -0.2) is 8.07 Å². The van der Waals surface area contributed by atoms with Gasteiger partial charge in [-0.15, -0.1) is 45.9 Å². The molecule has 0 spiro atoms. The predicted molar refractivity (Wildman–Crippen MR) is 132 cm³/mol. The van der Waals surface area contributed by atoms with Crippen molar-refractivity contribution in [3.05, 3.63) is 93.2 Å². The predicted octanol–water partition coefficient (Wildman–Crippen LogP) is 8.26. The van der Waals surface area contributed by atoms with E-state index in [-0.39, 0.29) is 26.2 Å². The van der Waals surface area contributed by atoms with Gasteiger partial charge >= 0.3 is 0 Å². The van der Waals surface area contributed by atoms with E-state index in [1.165, 1.54) is 32.3 Å². The molecule has 0 saturated heterocycles. The Morgan fingerprint density at radius 1 is 0.867 bits per heavy atom. The number of hydrogen-bond donors (Lipinski definition) is 0. The van der Waals surface area contributed by atoms with Crippen molar-refractivity contribution in [3.8, 4) is 11.1 Å². The first kappa shape index (κ1) is 21.8. The summed E-state index contributed by atoms with van der Waals surface area (Å²) in [6, 6.07) is 24.0. The van der Waals surface area contributed by atoms with Crippen molar-refractivity contribution in [2.75, 3.05) is 0 Å². The molecule has 150 valence electrons. The van der Waals surface area contributed by atoms with Gasteiger partial charge < -0.3 is 0 Å². The number of fused-ring (bicyclic) bond motifs is 1. The SMILES string of the molecule is CC1=C2c3cc(C)sc3C1[Si]2(C)C.Cc1cc2c(-c3ccccc3)cccc2[cH-]1.[Zr]. The first-order chi connectivity index (χ1) is 13.9. The van der Waals surface area contributed by atoms with Gasteiger partial charge in [0.05, 0.1) is 8.07 Å². The molecule has 1 aromatic heterocycles. The molecule has 3 heteroatoms. The first-order valence-corrected chi connectivity index (χ1v) is 14.3. The zero-order valence-electron chi connectivity index (χ0n) is 18.3. The number of thiophene rings is 1. The summed E-state index contributed by atoms with van der Waals surface area (Å²) in [5.41, 5.74) is 8.15. The maximum atomic E-state index is 2.52. The van der Waals surface area contributed by atoms with Crippen LogP contribution in [0.25, 0.3) is 27.1 Å². The van der Waals surface area contributed by atoms with Crippen LogP contribution in [0.3, 0.4) is 0 Å². The minimum absolute atomic E-state index is 0. The molecular formula is C27H27SSiZr-. The van der Waals surface area contributed by atoms with Crippen molar-refractivity contribution in [2.24, 2.45) is 0 Å². The summed E-state index contributed by atoms with van der Waals surface area (Å²) in [7, 11) is -0.995. The molecule has 1 atom stereocenters. The molecular weight excluding hydrogens is 476 g/mol. The van der Waals surface area contributed by atoms with Gasteiger partial charge in [0.2, 0.25) is 0 Å². The summed E-state index contributed by atoms with van der Waals surface area (Å²) in [5, 5.41) is 4.46. The van der Waals surface area contributed by atoms with Crippen molar-refractivity contribution < 1.29 is 26.2 Å². The van der Waals surface area contributed by atoms with E-state index in [9.17, 15) is 0 Å². The third-order valence-electron chi connectivity index (χ3n) is 6.59. The van der Waals surface area contributed by atoms with Gasteiger partial charge in [-0.3, -0.25) is 0 Å². The Bertz CT molecular complexity index is 1260. The molecule has 3 aromatic carbocycles. The van der Waals surface area contributed by atoms with Gasteiger partial charge in [0.15, 0.2) is 0 Å². The third-order valence-corrected chi connectivity index (χ3v) is 12.0. The fourth-order valence-electron chi connectivity index (χ4n) is 5.54. The normalized spacial score (nSPS) is 17.7. The van der Waals surface area contributed by atoms with E-state index in [4.69, 9.17) is 0 Å². The molecule has 1 unspecified atom stereocenters. The number of aryl methyl sites for hydroxylation is 2. The van der Waals surface area contributed by atoms with Crippen LogP contribution < -0.4 is 0 Å². The molecule has 30 heavy (non-hydrogen) atoms. The Morgan fingerprint density at radius 3 is 2.27 bits per heavy atom. The van der Waals surface area contributed by atoms with Crippen molar-refractivity contribution in [1.29, 1.82) is 0 Å². The molecule has 0 nitrogen and oxygen atoms in total. The van der Waals surface area contributed by atoms with E-state index in [2.05, 4.69) is 101 Å². The van der Waals surface area contributed by atoms with E-state index in [0.717, 1.165) is 5.54 Å². The molecule has 4 aromatic rings. The van der Waals surface area contributed by atoms with Gasteiger partial charge in [-0.25, -0.2) is 0 Å². The molecule has 0 radical (unpaired) electrons. The summed E-state index contributed by atoms with van der Waals surface area (Å²) < 4.78 is 0. The summed E-state index contributed by atoms with van der Waals surface area (Å²) in [6.07, 6.45) is 0. The van der Waals surface area contributed by atoms with Crippen LogP contribution in [0, 0.1) is 13.8 Å². The van der Waals surface area contributed by atoms with Crippen LogP contribution in [0.1, 0.15) is 33.3 Å². The van der Waals surface area contributed by atoms with Gasteiger partial charge in [-0.05, 0) is 31.0 Å². The Balaban J connectivity index is 0.000000143. The van der Waals surface area contributed by atoms with Crippen LogP contribution >= 0.6 is 11.3 Å². The summed E-state index contributed by atoms with van der Waals surface area (Å²) >= 11 is 2.03. The van der Waals surface area contributed by atoms with E-state index in [1.807, 2.05) is 11.3 Å². The second kappa shape index (κ2) is 7.93. The molecule has 0 N–H and O–H groups in total. The largest absolute Gasteiger partial charge is 0.165 e. The van der Waals surface area contributed by atoms with E-state index < -0.39 is 8.07 Å². The number of rotatable bonds is 1. The summed E-state index contributed by atoms with van der Waals surface area (Å²) in [4.78, 5) is 3.19. The zero-order chi connectivity index (χ0) is 20.3. The van der Waals surface area contributed by atoms with Crippen LogP contribution in [0.5, 0.6) is 0 Å². The quantitative estimate of drug-likeness (QED) is 0.181. The molecule has 7 rings (SSSR count). The second-order valence-corrected chi connectivity index (χ2v) is 14.9. The Morgan fingerprint density at radius 2 is 1.60 bits per heavy atom. The standard InChI is InChI=1S/C16H13.C11H14SSi.Zr/c1-12-10-14-8-5-9-15(16(14)11-12)13-6-3-2-4-7-13;1-6-5-8-9(12-6)11-7(2)10(8)13(11,3)4;/h2-11H,1H3;5,11H,1-4H3;/q-1;;. The fourth-order valence-corrected chi connectivity index (χ4v) is 11.9. The zero-order valence-corrected chi connectivity index (χ0v) is 22.6. The molecule has 2 bridgehead atoms. The van der Waals surface area contributed by atoms with Gasteiger partial charge in [0, 0.05) is 41.5 Å². The van der Waals surface area contributed by atoms with Crippen LogP contribution in [0.2, 0.25) is 13.1 Å². The minimum Gasteiger partial charge on any atom is -0.165 e. The van der Waals surface area contributed by atoms with Crippen LogP contribution in [-0.2, 0) is 26.2 Å². The number of benzene rings is 2. The Hall–Kier alpha value is -1.41. The van der Waals surface area contributed by atoms with E-state index >= 15 is 0 Å².